The summed E-state index contributed by atoms with van der Waals surface area (Å²) in [5, 5.41) is 4.98. The molecular weight excluding hydrogens is 355 g/mol. The van der Waals surface area contributed by atoms with Gasteiger partial charge in [-0.1, -0.05) is 56.8 Å². The van der Waals surface area contributed by atoms with Gasteiger partial charge in [-0.25, -0.2) is 0 Å². The lowest BCUT2D eigenvalue weighted by molar-refractivity contribution is 0.0930. The molecule has 0 radical (unpaired) electrons. The van der Waals surface area contributed by atoms with E-state index in [4.69, 9.17) is 23.2 Å². The van der Waals surface area contributed by atoms with Crippen LogP contribution < -0.4 is 5.32 Å². The van der Waals surface area contributed by atoms with E-state index in [1.165, 1.54) is 19.3 Å². The number of halogens is 2. The summed E-state index contributed by atoms with van der Waals surface area (Å²) in [5.74, 6) is -0.109. The number of benzene rings is 1. The lowest BCUT2D eigenvalue weighted by Gasteiger charge is -2.26. The quantitative estimate of drug-likeness (QED) is 0.531. The average Bonchev–Trinajstić information content (AvgIpc) is 2.95. The van der Waals surface area contributed by atoms with Gasteiger partial charge in [0.1, 0.15) is 5.69 Å². The van der Waals surface area contributed by atoms with Crippen LogP contribution in [0.2, 0.25) is 10.0 Å². The Morgan fingerprint density at radius 3 is 2.64 bits per heavy atom. The first-order valence-corrected chi connectivity index (χ1v) is 9.76. The van der Waals surface area contributed by atoms with Crippen molar-refractivity contribution in [3.05, 3.63) is 33.9 Å². The molecule has 2 rings (SSSR count). The second kappa shape index (κ2) is 8.46. The van der Waals surface area contributed by atoms with Crippen LogP contribution in [0.5, 0.6) is 0 Å². The number of unbranched alkanes of at least 4 members (excludes halogenated alkanes) is 1. The third-order valence-corrected chi connectivity index (χ3v) is 5.27. The van der Waals surface area contributed by atoms with Crippen molar-refractivity contribution in [2.75, 3.05) is 0 Å². The van der Waals surface area contributed by atoms with E-state index >= 15 is 0 Å². The van der Waals surface area contributed by atoms with E-state index < -0.39 is 0 Å². The highest BCUT2D eigenvalue weighted by Crippen LogP contribution is 2.30. The van der Waals surface area contributed by atoms with Crippen molar-refractivity contribution < 1.29 is 4.79 Å². The molecule has 2 aromatic rings. The van der Waals surface area contributed by atoms with Gasteiger partial charge in [-0.2, -0.15) is 0 Å². The molecular formula is C20H28Cl2N2O. The molecule has 0 saturated carbocycles. The number of H-pyrrole nitrogens is 1. The van der Waals surface area contributed by atoms with Gasteiger partial charge in [0.25, 0.3) is 5.91 Å². The molecule has 0 saturated heterocycles. The van der Waals surface area contributed by atoms with Gasteiger partial charge in [-0.15, -0.1) is 0 Å². The van der Waals surface area contributed by atoms with Crippen LogP contribution in [0, 0.1) is 5.41 Å². The molecule has 1 heterocycles. The summed E-state index contributed by atoms with van der Waals surface area (Å²) in [6, 6.07) is 5.36. The molecule has 0 aliphatic carbocycles. The Morgan fingerprint density at radius 1 is 1.24 bits per heavy atom. The number of carbonyl (C=O) groups excluding carboxylic acids is 1. The highest BCUT2D eigenvalue weighted by molar-refractivity contribution is 6.38. The van der Waals surface area contributed by atoms with E-state index in [9.17, 15) is 4.79 Å². The topological polar surface area (TPSA) is 44.9 Å². The highest BCUT2D eigenvalue weighted by atomic mass is 35.5. The van der Waals surface area contributed by atoms with E-state index in [-0.39, 0.29) is 11.9 Å². The molecule has 0 spiro atoms. The van der Waals surface area contributed by atoms with Crippen LogP contribution in [0.25, 0.3) is 10.9 Å². The summed E-state index contributed by atoms with van der Waals surface area (Å²) >= 11 is 12.2. The zero-order valence-corrected chi connectivity index (χ0v) is 17.0. The molecule has 1 aromatic heterocycles. The van der Waals surface area contributed by atoms with E-state index in [1.807, 2.05) is 0 Å². The number of hydrogen-bond donors (Lipinski definition) is 2. The molecule has 0 fully saturated rings. The first-order valence-electron chi connectivity index (χ1n) is 9.00. The summed E-state index contributed by atoms with van der Waals surface area (Å²) in [6.45, 7) is 8.89. The van der Waals surface area contributed by atoms with Crippen molar-refractivity contribution in [1.29, 1.82) is 0 Å². The fraction of sp³-hybridized carbons (Fsp3) is 0.550. The molecule has 25 heavy (non-hydrogen) atoms. The average molecular weight is 383 g/mol. The maximum absolute atomic E-state index is 12.5. The van der Waals surface area contributed by atoms with Crippen molar-refractivity contribution in [2.45, 2.75) is 65.8 Å². The van der Waals surface area contributed by atoms with E-state index in [1.54, 1.807) is 18.2 Å². The monoisotopic (exact) mass is 382 g/mol. The van der Waals surface area contributed by atoms with Crippen LogP contribution in [0.4, 0.5) is 0 Å². The Kier molecular flexibility index (Phi) is 6.81. The minimum absolute atomic E-state index is 0.109. The van der Waals surface area contributed by atoms with Gasteiger partial charge in [0.2, 0.25) is 0 Å². The van der Waals surface area contributed by atoms with Crippen molar-refractivity contribution in [1.82, 2.24) is 10.3 Å². The zero-order chi connectivity index (χ0) is 18.6. The molecule has 1 aromatic carbocycles. The van der Waals surface area contributed by atoms with Crippen LogP contribution in [0.1, 0.15) is 70.3 Å². The minimum Gasteiger partial charge on any atom is -0.350 e. The number of carbonyl (C=O) groups is 1. The predicted molar refractivity (Wildman–Crippen MR) is 108 cm³/mol. The van der Waals surface area contributed by atoms with Gasteiger partial charge < -0.3 is 10.3 Å². The number of rotatable bonds is 8. The minimum atomic E-state index is -0.109. The fourth-order valence-corrected chi connectivity index (χ4v) is 3.59. The second-order valence-corrected chi connectivity index (χ2v) is 8.56. The SMILES string of the molecule is CCCCC(C)(C)CCC(C)NC(=O)c1cc2c(Cl)cc(Cl)cc2[nH]1. The Hall–Kier alpha value is -1.19. The summed E-state index contributed by atoms with van der Waals surface area (Å²) in [6.07, 6.45) is 5.78. The smallest absolute Gasteiger partial charge is 0.267 e. The molecule has 1 unspecified atom stereocenters. The number of aromatic nitrogens is 1. The lowest BCUT2D eigenvalue weighted by atomic mass is 9.82. The third kappa shape index (κ3) is 5.65. The van der Waals surface area contributed by atoms with Crippen LogP contribution in [0.3, 0.4) is 0 Å². The van der Waals surface area contributed by atoms with E-state index in [2.05, 4.69) is 38.0 Å². The highest BCUT2D eigenvalue weighted by Gasteiger charge is 2.20. The molecule has 1 atom stereocenters. The molecule has 0 aliphatic rings. The molecule has 0 aliphatic heterocycles. The Balaban J connectivity index is 1.96. The normalized spacial score (nSPS) is 13.2. The van der Waals surface area contributed by atoms with Gasteiger partial charge in [-0.05, 0) is 49.8 Å². The van der Waals surface area contributed by atoms with Crippen LogP contribution in [0.15, 0.2) is 18.2 Å². The van der Waals surface area contributed by atoms with E-state index in [0.717, 1.165) is 23.7 Å². The fourth-order valence-electron chi connectivity index (χ4n) is 3.04. The molecule has 3 nitrogen and oxygen atoms in total. The maximum atomic E-state index is 12.5. The Morgan fingerprint density at radius 2 is 1.96 bits per heavy atom. The lowest BCUT2D eigenvalue weighted by Crippen LogP contribution is -2.33. The van der Waals surface area contributed by atoms with Gasteiger partial charge >= 0.3 is 0 Å². The molecule has 1 amide bonds. The summed E-state index contributed by atoms with van der Waals surface area (Å²) in [7, 11) is 0. The number of amides is 1. The predicted octanol–water partition coefficient (Wildman–Crippen LogP) is 6.59. The molecule has 0 bridgehead atoms. The van der Waals surface area contributed by atoms with Crippen molar-refractivity contribution in [3.8, 4) is 0 Å². The van der Waals surface area contributed by atoms with Crippen LogP contribution >= 0.6 is 23.2 Å². The second-order valence-electron chi connectivity index (χ2n) is 7.71. The summed E-state index contributed by atoms with van der Waals surface area (Å²) < 4.78 is 0. The van der Waals surface area contributed by atoms with Gasteiger partial charge in [0, 0.05) is 22.0 Å². The number of hydrogen-bond acceptors (Lipinski definition) is 1. The number of aromatic amines is 1. The van der Waals surface area contributed by atoms with Crippen LogP contribution in [-0.2, 0) is 0 Å². The Labute approximate surface area is 160 Å². The Bertz CT molecular complexity index is 737. The van der Waals surface area contributed by atoms with Crippen molar-refractivity contribution in [3.63, 3.8) is 0 Å². The maximum Gasteiger partial charge on any atom is 0.267 e. The first kappa shape index (κ1) is 20.1. The number of fused-ring (bicyclic) bond motifs is 1. The van der Waals surface area contributed by atoms with Crippen LogP contribution in [-0.4, -0.2) is 16.9 Å². The summed E-state index contributed by atoms with van der Waals surface area (Å²) in [5.41, 5.74) is 1.60. The van der Waals surface area contributed by atoms with E-state index in [0.29, 0.717) is 21.2 Å². The van der Waals surface area contributed by atoms with Gasteiger partial charge in [-0.3, -0.25) is 4.79 Å². The first-order chi connectivity index (χ1) is 11.7. The summed E-state index contributed by atoms with van der Waals surface area (Å²) in [4.78, 5) is 15.6. The third-order valence-electron chi connectivity index (χ3n) is 4.74. The standard InChI is InChI=1S/C20H28Cl2N2O/c1-5-6-8-20(3,4)9-7-13(2)23-19(25)18-12-15-16(22)10-14(21)11-17(15)24-18/h10-13,24H,5-9H2,1-4H3,(H,23,25). The van der Waals surface area contributed by atoms with Gasteiger partial charge in [0.15, 0.2) is 0 Å². The largest absolute Gasteiger partial charge is 0.350 e. The van der Waals surface area contributed by atoms with Crippen molar-refractivity contribution >= 4 is 40.0 Å². The zero-order valence-electron chi connectivity index (χ0n) is 15.5. The molecule has 5 heteroatoms. The van der Waals surface area contributed by atoms with Gasteiger partial charge in [0.05, 0.1) is 5.02 Å². The molecule has 138 valence electrons. The van der Waals surface area contributed by atoms with Crippen molar-refractivity contribution in [2.24, 2.45) is 5.41 Å². The number of nitrogens with one attached hydrogen (secondary N) is 2. The molecule has 2 N–H and O–H groups in total.